The van der Waals surface area contributed by atoms with E-state index in [1.54, 1.807) is 0 Å². The van der Waals surface area contributed by atoms with Crippen molar-refractivity contribution in [2.45, 2.75) is 38.6 Å². The molecule has 1 N–H and O–H groups in total. The minimum absolute atomic E-state index is 0.157. The zero-order chi connectivity index (χ0) is 14.9. The lowest BCUT2D eigenvalue weighted by Crippen LogP contribution is -2.36. The largest absolute Gasteiger partial charge is 0.354 e. The summed E-state index contributed by atoms with van der Waals surface area (Å²) in [5.41, 5.74) is 1.99. The van der Waals surface area contributed by atoms with Gasteiger partial charge in [-0.15, -0.1) is 0 Å². The van der Waals surface area contributed by atoms with Crippen LogP contribution in [0.4, 0.5) is 0 Å². The van der Waals surface area contributed by atoms with Crippen LogP contribution in [0.1, 0.15) is 29.9 Å². The topological polar surface area (TPSA) is 46.9 Å². The number of carbonyl (C=O) groups excluding carboxylic acids is 1. The summed E-state index contributed by atoms with van der Waals surface area (Å²) in [7, 11) is 0. The van der Waals surface area contributed by atoms with Gasteiger partial charge in [0, 0.05) is 25.0 Å². The third-order valence-electron chi connectivity index (χ3n) is 4.39. The molecular formula is C17H21N3O. The third-order valence-corrected chi connectivity index (χ3v) is 4.39. The predicted octanol–water partition coefficient (Wildman–Crippen LogP) is 2.35. The highest BCUT2D eigenvalue weighted by molar-refractivity contribution is 5.91. The Morgan fingerprint density at radius 3 is 2.57 bits per heavy atom. The molecule has 2 aromatic rings. The van der Waals surface area contributed by atoms with Gasteiger partial charge in [0.1, 0.15) is 5.82 Å². The van der Waals surface area contributed by atoms with Gasteiger partial charge in [-0.05, 0) is 32.3 Å². The van der Waals surface area contributed by atoms with Gasteiger partial charge in [0.15, 0.2) is 0 Å². The van der Waals surface area contributed by atoms with E-state index in [2.05, 4.69) is 27.0 Å². The van der Waals surface area contributed by atoms with Crippen LogP contribution in [0.25, 0.3) is 0 Å². The molecule has 0 unspecified atom stereocenters. The highest BCUT2D eigenvalue weighted by atomic mass is 16.2. The summed E-state index contributed by atoms with van der Waals surface area (Å²) in [5, 5.41) is 3.09. The highest BCUT2D eigenvalue weighted by Crippen LogP contribution is 2.48. The van der Waals surface area contributed by atoms with Gasteiger partial charge in [-0.1, -0.05) is 30.3 Å². The lowest BCUT2D eigenvalue weighted by Gasteiger charge is -2.16. The minimum atomic E-state index is -0.277. The number of hydrogen-bond donors (Lipinski definition) is 1. The van der Waals surface area contributed by atoms with Crippen LogP contribution < -0.4 is 5.32 Å². The summed E-state index contributed by atoms with van der Waals surface area (Å²) in [4.78, 5) is 16.8. The number of nitrogens with one attached hydrogen (secondary N) is 1. The fourth-order valence-corrected chi connectivity index (χ4v) is 2.90. The van der Waals surface area contributed by atoms with Crippen LogP contribution in [-0.4, -0.2) is 22.0 Å². The molecule has 0 bridgehead atoms. The molecule has 1 aromatic carbocycles. The molecule has 0 saturated heterocycles. The van der Waals surface area contributed by atoms with Gasteiger partial charge in [-0.2, -0.15) is 0 Å². The molecule has 0 aliphatic heterocycles. The molecule has 1 aliphatic carbocycles. The molecule has 0 radical (unpaired) electrons. The standard InChI is InChI=1S/C17H21N3O/c1-13-12-19-14(2)20(13)11-10-18-16(21)17(8-9-17)15-6-4-3-5-7-15/h3-7,12H,8-11H2,1-2H3,(H,18,21). The van der Waals surface area contributed by atoms with E-state index in [4.69, 9.17) is 0 Å². The summed E-state index contributed by atoms with van der Waals surface area (Å²) >= 11 is 0. The van der Waals surface area contributed by atoms with Crippen molar-refractivity contribution in [2.75, 3.05) is 6.54 Å². The molecule has 1 amide bonds. The quantitative estimate of drug-likeness (QED) is 0.915. The average molecular weight is 283 g/mol. The first-order chi connectivity index (χ1) is 10.1. The maximum atomic E-state index is 12.5. The van der Waals surface area contributed by atoms with Crippen LogP contribution in [0, 0.1) is 13.8 Å². The average Bonchev–Trinajstić information content (AvgIpc) is 3.26. The lowest BCUT2D eigenvalue weighted by molar-refractivity contribution is -0.123. The number of aromatic nitrogens is 2. The van der Waals surface area contributed by atoms with E-state index in [0.29, 0.717) is 6.54 Å². The minimum Gasteiger partial charge on any atom is -0.354 e. The van der Waals surface area contributed by atoms with Gasteiger partial charge in [0.2, 0.25) is 5.91 Å². The van der Waals surface area contributed by atoms with E-state index in [1.165, 1.54) is 0 Å². The molecule has 0 atom stereocenters. The van der Waals surface area contributed by atoms with Crippen molar-refractivity contribution in [3.63, 3.8) is 0 Å². The molecule has 1 heterocycles. The van der Waals surface area contributed by atoms with Gasteiger partial charge in [-0.25, -0.2) is 4.98 Å². The molecule has 3 rings (SSSR count). The second-order valence-electron chi connectivity index (χ2n) is 5.80. The first-order valence-electron chi connectivity index (χ1n) is 7.46. The van der Waals surface area contributed by atoms with Crippen molar-refractivity contribution >= 4 is 5.91 Å². The van der Waals surface area contributed by atoms with E-state index < -0.39 is 0 Å². The summed E-state index contributed by atoms with van der Waals surface area (Å²) in [6.07, 6.45) is 3.77. The van der Waals surface area contributed by atoms with Gasteiger partial charge >= 0.3 is 0 Å². The Morgan fingerprint density at radius 2 is 2.00 bits per heavy atom. The Bertz CT molecular complexity index is 622. The number of nitrogens with zero attached hydrogens (tertiary/aromatic N) is 2. The number of hydrogen-bond acceptors (Lipinski definition) is 2. The Kier molecular flexibility index (Phi) is 3.53. The smallest absolute Gasteiger partial charge is 0.230 e. The number of rotatable bonds is 5. The Balaban J connectivity index is 1.60. The van der Waals surface area contributed by atoms with Crippen LogP contribution >= 0.6 is 0 Å². The number of imidazole rings is 1. The van der Waals surface area contributed by atoms with Crippen molar-refractivity contribution in [2.24, 2.45) is 0 Å². The van der Waals surface area contributed by atoms with E-state index in [1.807, 2.05) is 38.2 Å². The van der Waals surface area contributed by atoms with E-state index in [-0.39, 0.29) is 11.3 Å². The molecule has 1 fully saturated rings. The number of aryl methyl sites for hydroxylation is 2. The van der Waals surface area contributed by atoms with Crippen LogP contribution in [0.15, 0.2) is 36.5 Å². The fraction of sp³-hybridized carbons (Fsp3) is 0.412. The maximum absolute atomic E-state index is 12.5. The molecule has 0 spiro atoms. The normalized spacial score (nSPS) is 15.7. The van der Waals surface area contributed by atoms with E-state index in [9.17, 15) is 4.79 Å². The molecule has 110 valence electrons. The molecule has 1 aromatic heterocycles. The summed E-state index contributed by atoms with van der Waals surface area (Å²) < 4.78 is 2.13. The van der Waals surface area contributed by atoms with Gasteiger partial charge < -0.3 is 9.88 Å². The van der Waals surface area contributed by atoms with Gasteiger partial charge in [-0.3, -0.25) is 4.79 Å². The first-order valence-corrected chi connectivity index (χ1v) is 7.46. The second kappa shape index (κ2) is 5.35. The predicted molar refractivity (Wildman–Crippen MR) is 82.1 cm³/mol. The zero-order valence-corrected chi connectivity index (χ0v) is 12.6. The number of benzene rings is 1. The molecule has 1 aliphatic rings. The van der Waals surface area contributed by atoms with Crippen molar-refractivity contribution < 1.29 is 4.79 Å². The first kappa shape index (κ1) is 13.9. The molecule has 21 heavy (non-hydrogen) atoms. The fourth-order valence-electron chi connectivity index (χ4n) is 2.90. The molecule has 1 saturated carbocycles. The monoisotopic (exact) mass is 283 g/mol. The summed E-state index contributed by atoms with van der Waals surface area (Å²) in [6.45, 7) is 5.44. The SMILES string of the molecule is Cc1cnc(C)n1CCNC(=O)C1(c2ccccc2)CC1. The van der Waals surface area contributed by atoms with Crippen molar-refractivity contribution in [3.8, 4) is 0 Å². The lowest BCUT2D eigenvalue weighted by atomic mass is 9.95. The highest BCUT2D eigenvalue weighted by Gasteiger charge is 2.50. The zero-order valence-electron chi connectivity index (χ0n) is 12.6. The Labute approximate surface area is 125 Å². The Hall–Kier alpha value is -2.10. The molecule has 4 heteroatoms. The van der Waals surface area contributed by atoms with Crippen LogP contribution in [0.3, 0.4) is 0 Å². The van der Waals surface area contributed by atoms with Crippen LogP contribution in [0.5, 0.6) is 0 Å². The van der Waals surface area contributed by atoms with Crippen LogP contribution in [0.2, 0.25) is 0 Å². The van der Waals surface area contributed by atoms with Crippen molar-refractivity contribution in [3.05, 3.63) is 53.6 Å². The summed E-state index contributed by atoms with van der Waals surface area (Å²) in [6, 6.07) is 10.1. The molecular weight excluding hydrogens is 262 g/mol. The maximum Gasteiger partial charge on any atom is 0.230 e. The Morgan fingerprint density at radius 1 is 1.29 bits per heavy atom. The van der Waals surface area contributed by atoms with E-state index >= 15 is 0 Å². The second-order valence-corrected chi connectivity index (χ2v) is 5.80. The third kappa shape index (κ3) is 2.58. The van der Waals surface area contributed by atoms with Crippen molar-refractivity contribution in [1.29, 1.82) is 0 Å². The van der Waals surface area contributed by atoms with E-state index in [0.717, 1.165) is 36.5 Å². The van der Waals surface area contributed by atoms with Crippen molar-refractivity contribution in [1.82, 2.24) is 14.9 Å². The molecule has 4 nitrogen and oxygen atoms in total. The number of carbonyl (C=O) groups is 1. The van der Waals surface area contributed by atoms with Gasteiger partial charge in [0.25, 0.3) is 0 Å². The number of amides is 1. The van der Waals surface area contributed by atoms with Crippen LogP contribution in [-0.2, 0) is 16.8 Å². The van der Waals surface area contributed by atoms with Gasteiger partial charge in [0.05, 0.1) is 5.41 Å². The summed E-state index contributed by atoms with van der Waals surface area (Å²) in [5.74, 6) is 1.15.